The van der Waals surface area contributed by atoms with Crippen LogP contribution in [-0.4, -0.2) is 20.6 Å². The highest BCUT2D eigenvalue weighted by Crippen LogP contribution is 2.28. The first-order chi connectivity index (χ1) is 10.0. The summed E-state index contributed by atoms with van der Waals surface area (Å²) in [5.74, 6) is -0.194. The first kappa shape index (κ1) is 16.0. The summed E-state index contributed by atoms with van der Waals surface area (Å²) in [5, 5.41) is 3.36. The van der Waals surface area contributed by atoms with Gasteiger partial charge < -0.3 is 10.2 Å². The van der Waals surface area contributed by atoms with Crippen molar-refractivity contribution in [2.75, 3.05) is 25.5 Å². The third-order valence-corrected chi connectivity index (χ3v) is 3.91. The number of anilines is 1. The van der Waals surface area contributed by atoms with Gasteiger partial charge in [0.15, 0.2) is 0 Å². The number of rotatable bonds is 5. The molecule has 1 unspecified atom stereocenters. The van der Waals surface area contributed by atoms with Gasteiger partial charge in [-0.3, -0.25) is 0 Å². The van der Waals surface area contributed by atoms with Crippen LogP contribution in [0.15, 0.2) is 46.9 Å². The molecule has 2 nitrogen and oxygen atoms in total. The molecule has 4 heteroatoms. The fourth-order valence-corrected chi connectivity index (χ4v) is 2.69. The Labute approximate surface area is 134 Å². The van der Waals surface area contributed by atoms with Crippen LogP contribution in [-0.2, 0) is 0 Å². The van der Waals surface area contributed by atoms with Crippen LogP contribution in [0.25, 0.3) is 0 Å². The summed E-state index contributed by atoms with van der Waals surface area (Å²) in [6.07, 6.45) is 0. The van der Waals surface area contributed by atoms with E-state index in [0.717, 1.165) is 22.3 Å². The van der Waals surface area contributed by atoms with Crippen LogP contribution in [0.3, 0.4) is 0 Å². The predicted octanol–water partition coefficient (Wildman–Crippen LogP) is 4.35. The molecule has 0 amide bonds. The van der Waals surface area contributed by atoms with Crippen molar-refractivity contribution in [1.82, 2.24) is 5.32 Å². The van der Waals surface area contributed by atoms with E-state index in [4.69, 9.17) is 0 Å². The minimum absolute atomic E-state index is 0.149. The standard InChI is InChI=1S/C17H20BrFN2/c1-4-20-17(15-11-13(18)7-10-16(15)19)12-5-8-14(9-6-12)21(2)3/h5-11,17,20H,4H2,1-3H3. The molecule has 0 fully saturated rings. The van der Waals surface area contributed by atoms with E-state index >= 15 is 0 Å². The molecule has 0 aliphatic heterocycles. The Kier molecular flexibility index (Phi) is 5.37. The van der Waals surface area contributed by atoms with Crippen molar-refractivity contribution in [3.05, 3.63) is 63.9 Å². The highest BCUT2D eigenvalue weighted by molar-refractivity contribution is 9.10. The van der Waals surface area contributed by atoms with Crippen molar-refractivity contribution in [3.63, 3.8) is 0 Å². The SMILES string of the molecule is CCNC(c1ccc(N(C)C)cc1)c1cc(Br)ccc1F. The Balaban J connectivity index is 2.40. The molecule has 0 bridgehead atoms. The average Bonchev–Trinajstić information content (AvgIpc) is 2.48. The Morgan fingerprint density at radius 1 is 1.14 bits per heavy atom. The van der Waals surface area contributed by atoms with E-state index in [-0.39, 0.29) is 11.9 Å². The normalized spacial score (nSPS) is 12.2. The van der Waals surface area contributed by atoms with Crippen molar-refractivity contribution >= 4 is 21.6 Å². The molecule has 2 aromatic rings. The number of nitrogens with zero attached hydrogens (tertiary/aromatic N) is 1. The molecular weight excluding hydrogens is 331 g/mol. The summed E-state index contributed by atoms with van der Waals surface area (Å²) in [6.45, 7) is 2.79. The maximum Gasteiger partial charge on any atom is 0.128 e. The Bertz CT molecular complexity index is 596. The number of halogens is 2. The van der Waals surface area contributed by atoms with Crippen LogP contribution < -0.4 is 10.2 Å². The summed E-state index contributed by atoms with van der Waals surface area (Å²) in [5.41, 5.74) is 2.84. The molecule has 0 aliphatic carbocycles. The van der Waals surface area contributed by atoms with Crippen LogP contribution in [0.2, 0.25) is 0 Å². The molecule has 2 rings (SSSR count). The van der Waals surface area contributed by atoms with Gasteiger partial charge in [0.1, 0.15) is 5.82 Å². The van der Waals surface area contributed by atoms with Crippen LogP contribution in [0.5, 0.6) is 0 Å². The average molecular weight is 351 g/mol. The first-order valence-corrected chi connectivity index (χ1v) is 7.78. The lowest BCUT2D eigenvalue weighted by Crippen LogP contribution is -2.23. The summed E-state index contributed by atoms with van der Waals surface area (Å²) in [4.78, 5) is 2.05. The molecule has 0 aliphatic rings. The largest absolute Gasteiger partial charge is 0.378 e. The molecule has 0 heterocycles. The molecular formula is C17H20BrFN2. The van der Waals surface area contributed by atoms with Crippen LogP contribution in [0.4, 0.5) is 10.1 Å². The summed E-state index contributed by atoms with van der Waals surface area (Å²) in [6, 6.07) is 13.1. The molecule has 112 valence electrons. The van der Waals surface area contributed by atoms with Gasteiger partial charge >= 0.3 is 0 Å². The van der Waals surface area contributed by atoms with Gasteiger partial charge in [0.05, 0.1) is 6.04 Å². The zero-order chi connectivity index (χ0) is 15.4. The lowest BCUT2D eigenvalue weighted by molar-refractivity contribution is 0.558. The van der Waals surface area contributed by atoms with Crippen molar-refractivity contribution < 1.29 is 4.39 Å². The highest BCUT2D eigenvalue weighted by atomic mass is 79.9. The number of nitrogens with one attached hydrogen (secondary N) is 1. The molecule has 0 saturated carbocycles. The van der Waals surface area contributed by atoms with Gasteiger partial charge in [0.2, 0.25) is 0 Å². The van der Waals surface area contributed by atoms with E-state index in [1.54, 1.807) is 6.07 Å². The zero-order valence-corrected chi connectivity index (χ0v) is 14.1. The smallest absolute Gasteiger partial charge is 0.128 e. The Morgan fingerprint density at radius 2 is 1.81 bits per heavy atom. The maximum atomic E-state index is 14.2. The van der Waals surface area contributed by atoms with Gasteiger partial charge in [-0.1, -0.05) is 35.0 Å². The van der Waals surface area contributed by atoms with E-state index < -0.39 is 0 Å². The van der Waals surface area contributed by atoms with Gasteiger partial charge in [0, 0.05) is 29.8 Å². The van der Waals surface area contributed by atoms with Crippen LogP contribution in [0.1, 0.15) is 24.1 Å². The quantitative estimate of drug-likeness (QED) is 0.861. The number of benzene rings is 2. The molecule has 21 heavy (non-hydrogen) atoms. The topological polar surface area (TPSA) is 15.3 Å². The lowest BCUT2D eigenvalue weighted by Gasteiger charge is -2.21. The summed E-state index contributed by atoms with van der Waals surface area (Å²) in [7, 11) is 4.01. The molecule has 0 spiro atoms. The number of hydrogen-bond donors (Lipinski definition) is 1. The van der Waals surface area contributed by atoms with Crippen LogP contribution in [0, 0.1) is 5.82 Å². The lowest BCUT2D eigenvalue weighted by atomic mass is 9.98. The zero-order valence-electron chi connectivity index (χ0n) is 12.5. The number of hydrogen-bond acceptors (Lipinski definition) is 2. The fraction of sp³-hybridized carbons (Fsp3) is 0.294. The van der Waals surface area contributed by atoms with E-state index in [9.17, 15) is 4.39 Å². The van der Waals surface area contributed by atoms with Crippen molar-refractivity contribution in [2.45, 2.75) is 13.0 Å². The maximum absolute atomic E-state index is 14.2. The van der Waals surface area contributed by atoms with Gasteiger partial charge in [0.25, 0.3) is 0 Å². The van der Waals surface area contributed by atoms with Gasteiger partial charge in [-0.25, -0.2) is 4.39 Å². The van der Waals surface area contributed by atoms with E-state index in [1.807, 2.05) is 44.1 Å². The molecule has 0 aromatic heterocycles. The van der Waals surface area contributed by atoms with E-state index in [1.165, 1.54) is 6.07 Å². The van der Waals surface area contributed by atoms with Gasteiger partial charge in [-0.05, 0) is 42.4 Å². The van der Waals surface area contributed by atoms with E-state index in [2.05, 4.69) is 33.4 Å². The molecule has 2 aromatic carbocycles. The summed E-state index contributed by atoms with van der Waals surface area (Å²) < 4.78 is 15.0. The van der Waals surface area contributed by atoms with E-state index in [0.29, 0.717) is 5.56 Å². The molecule has 0 radical (unpaired) electrons. The predicted molar refractivity (Wildman–Crippen MR) is 90.4 cm³/mol. The Hall–Kier alpha value is -1.39. The molecule has 1 N–H and O–H groups in total. The summed E-state index contributed by atoms with van der Waals surface area (Å²) >= 11 is 3.42. The highest BCUT2D eigenvalue weighted by Gasteiger charge is 2.17. The monoisotopic (exact) mass is 350 g/mol. The third-order valence-electron chi connectivity index (χ3n) is 3.42. The minimum Gasteiger partial charge on any atom is -0.378 e. The fourth-order valence-electron chi connectivity index (χ4n) is 2.31. The second kappa shape index (κ2) is 7.05. The molecule has 1 atom stereocenters. The van der Waals surface area contributed by atoms with Gasteiger partial charge in [-0.2, -0.15) is 0 Å². The first-order valence-electron chi connectivity index (χ1n) is 6.98. The molecule has 0 saturated heterocycles. The van der Waals surface area contributed by atoms with Crippen molar-refractivity contribution in [2.24, 2.45) is 0 Å². The van der Waals surface area contributed by atoms with Crippen LogP contribution >= 0.6 is 15.9 Å². The Morgan fingerprint density at radius 3 is 2.38 bits per heavy atom. The van der Waals surface area contributed by atoms with Gasteiger partial charge in [-0.15, -0.1) is 0 Å². The van der Waals surface area contributed by atoms with Crippen molar-refractivity contribution in [1.29, 1.82) is 0 Å². The van der Waals surface area contributed by atoms with Crippen molar-refractivity contribution in [3.8, 4) is 0 Å². The minimum atomic E-state index is -0.194. The second-order valence-corrected chi connectivity index (χ2v) is 6.06. The second-order valence-electron chi connectivity index (χ2n) is 5.14. The third kappa shape index (κ3) is 3.83.